The molecule has 0 unspecified atom stereocenters. The number of hydrogen-bond acceptors (Lipinski definition) is 5. The second-order valence-electron chi connectivity index (χ2n) is 5.81. The molecule has 1 aromatic heterocycles. The SMILES string of the molecule is Cc1sc(CNC(C)C)cc1S(=O)(=O)NN1CCCCC1. The Hall–Kier alpha value is -0.470. The van der Waals surface area contributed by atoms with Gasteiger partial charge in [-0.05, 0) is 25.8 Å². The van der Waals surface area contributed by atoms with Crippen molar-refractivity contribution in [2.45, 2.75) is 57.5 Å². The summed E-state index contributed by atoms with van der Waals surface area (Å²) in [5.74, 6) is 0. The molecule has 21 heavy (non-hydrogen) atoms. The molecule has 2 heterocycles. The molecule has 0 saturated carbocycles. The van der Waals surface area contributed by atoms with Crippen LogP contribution in [-0.2, 0) is 16.6 Å². The second-order valence-corrected chi connectivity index (χ2v) is 8.78. The number of nitrogens with one attached hydrogen (secondary N) is 2. The first-order valence-electron chi connectivity index (χ1n) is 7.48. The van der Waals surface area contributed by atoms with Crippen LogP contribution < -0.4 is 10.1 Å². The van der Waals surface area contributed by atoms with Gasteiger partial charge in [0, 0.05) is 35.4 Å². The minimum Gasteiger partial charge on any atom is -0.310 e. The Morgan fingerprint density at radius 2 is 1.95 bits per heavy atom. The van der Waals surface area contributed by atoms with Crippen molar-refractivity contribution in [1.29, 1.82) is 0 Å². The Balaban J connectivity index is 2.08. The number of sulfonamides is 1. The largest absolute Gasteiger partial charge is 0.310 e. The number of thiophene rings is 1. The van der Waals surface area contributed by atoms with Crippen molar-refractivity contribution in [1.82, 2.24) is 15.2 Å². The van der Waals surface area contributed by atoms with E-state index in [4.69, 9.17) is 0 Å². The smallest absolute Gasteiger partial charge is 0.254 e. The van der Waals surface area contributed by atoms with E-state index in [-0.39, 0.29) is 0 Å². The van der Waals surface area contributed by atoms with Crippen molar-refractivity contribution in [2.24, 2.45) is 0 Å². The van der Waals surface area contributed by atoms with Gasteiger partial charge >= 0.3 is 0 Å². The van der Waals surface area contributed by atoms with E-state index >= 15 is 0 Å². The highest BCUT2D eigenvalue weighted by atomic mass is 32.2. The molecule has 0 aliphatic carbocycles. The first kappa shape index (κ1) is 16.9. The summed E-state index contributed by atoms with van der Waals surface area (Å²) in [5, 5.41) is 5.14. The molecule has 1 aliphatic heterocycles. The molecule has 5 nitrogen and oxygen atoms in total. The summed E-state index contributed by atoms with van der Waals surface area (Å²) in [6.07, 6.45) is 3.28. The minimum atomic E-state index is -3.45. The molecule has 1 aromatic rings. The molecule has 0 aromatic carbocycles. The predicted octanol–water partition coefficient (Wildman–Crippen LogP) is 2.23. The fourth-order valence-corrected chi connectivity index (χ4v) is 5.10. The highest BCUT2D eigenvalue weighted by Crippen LogP contribution is 2.26. The van der Waals surface area contributed by atoms with E-state index < -0.39 is 10.0 Å². The molecule has 0 amide bonds. The standard InChI is InChI=1S/C14H25N3O2S2/c1-11(2)15-10-13-9-14(12(3)20-13)21(18,19)16-17-7-5-4-6-8-17/h9,11,15-16H,4-8,10H2,1-3H3. The Labute approximate surface area is 131 Å². The Morgan fingerprint density at radius 1 is 1.29 bits per heavy atom. The third-order valence-corrected chi connectivity index (χ3v) is 6.18. The molecule has 1 fully saturated rings. The van der Waals surface area contributed by atoms with Crippen LogP contribution in [0.5, 0.6) is 0 Å². The third kappa shape index (κ3) is 4.75. The maximum Gasteiger partial charge on any atom is 0.254 e. The Kier molecular flexibility index (Phi) is 5.79. The molecular formula is C14H25N3O2S2. The van der Waals surface area contributed by atoms with Gasteiger partial charge in [-0.3, -0.25) is 0 Å². The average molecular weight is 332 g/mol. The molecule has 0 spiro atoms. The van der Waals surface area contributed by atoms with E-state index in [9.17, 15) is 8.42 Å². The van der Waals surface area contributed by atoms with E-state index in [0.29, 0.717) is 17.5 Å². The van der Waals surface area contributed by atoms with Gasteiger partial charge in [-0.2, -0.15) is 0 Å². The Morgan fingerprint density at radius 3 is 2.57 bits per heavy atom. The fourth-order valence-electron chi connectivity index (χ4n) is 2.39. The number of hydrazine groups is 1. The van der Waals surface area contributed by atoms with E-state index in [1.54, 1.807) is 17.4 Å². The summed E-state index contributed by atoms with van der Waals surface area (Å²) in [6, 6.07) is 2.18. The van der Waals surface area contributed by atoms with Gasteiger partial charge in [0.25, 0.3) is 10.0 Å². The highest BCUT2D eigenvalue weighted by Gasteiger charge is 2.23. The van der Waals surface area contributed by atoms with Crippen molar-refractivity contribution in [2.75, 3.05) is 13.1 Å². The lowest BCUT2D eigenvalue weighted by Gasteiger charge is -2.26. The molecule has 2 N–H and O–H groups in total. The van der Waals surface area contributed by atoms with Gasteiger partial charge in [-0.15, -0.1) is 16.2 Å². The highest BCUT2D eigenvalue weighted by molar-refractivity contribution is 7.89. The zero-order valence-corrected chi connectivity index (χ0v) is 14.6. The summed E-state index contributed by atoms with van der Waals surface area (Å²) in [4.78, 5) is 5.04. The molecule has 0 atom stereocenters. The van der Waals surface area contributed by atoms with Gasteiger partial charge in [0.15, 0.2) is 0 Å². The van der Waals surface area contributed by atoms with Gasteiger partial charge < -0.3 is 5.32 Å². The van der Waals surface area contributed by atoms with Crippen LogP contribution in [0.4, 0.5) is 0 Å². The lowest BCUT2D eigenvalue weighted by Crippen LogP contribution is -2.44. The van der Waals surface area contributed by atoms with Crippen molar-refractivity contribution < 1.29 is 8.42 Å². The number of rotatable bonds is 6. The van der Waals surface area contributed by atoms with Crippen LogP contribution in [0.1, 0.15) is 42.9 Å². The quantitative estimate of drug-likeness (QED) is 0.839. The van der Waals surface area contributed by atoms with E-state index in [2.05, 4.69) is 24.0 Å². The van der Waals surface area contributed by atoms with Crippen LogP contribution >= 0.6 is 11.3 Å². The summed E-state index contributed by atoms with van der Waals surface area (Å²) < 4.78 is 25.0. The lowest BCUT2D eigenvalue weighted by atomic mass is 10.2. The molecule has 1 aliphatic rings. The van der Waals surface area contributed by atoms with Crippen LogP contribution in [0.25, 0.3) is 0 Å². The molecule has 2 rings (SSSR count). The summed E-state index contributed by atoms with van der Waals surface area (Å²) >= 11 is 1.55. The minimum absolute atomic E-state index is 0.388. The predicted molar refractivity (Wildman–Crippen MR) is 86.8 cm³/mol. The lowest BCUT2D eigenvalue weighted by molar-refractivity contribution is 0.200. The van der Waals surface area contributed by atoms with Crippen LogP contribution in [0.3, 0.4) is 0 Å². The molecule has 1 saturated heterocycles. The van der Waals surface area contributed by atoms with Crippen LogP contribution in [0, 0.1) is 6.92 Å². The summed E-state index contributed by atoms with van der Waals surface area (Å²) in [6.45, 7) is 8.33. The number of piperidine rings is 1. The maximum absolute atomic E-state index is 12.5. The number of aryl methyl sites for hydroxylation is 1. The van der Waals surface area contributed by atoms with E-state index in [1.807, 2.05) is 11.9 Å². The van der Waals surface area contributed by atoms with Crippen molar-refractivity contribution in [3.05, 3.63) is 15.8 Å². The number of nitrogens with zero attached hydrogens (tertiary/aromatic N) is 1. The monoisotopic (exact) mass is 331 g/mol. The van der Waals surface area contributed by atoms with Gasteiger partial charge in [0.2, 0.25) is 0 Å². The molecule has 0 bridgehead atoms. The molecule has 7 heteroatoms. The molecular weight excluding hydrogens is 306 g/mol. The van der Waals surface area contributed by atoms with Crippen molar-refractivity contribution >= 4 is 21.4 Å². The maximum atomic E-state index is 12.5. The first-order valence-corrected chi connectivity index (χ1v) is 9.78. The zero-order valence-electron chi connectivity index (χ0n) is 13.0. The van der Waals surface area contributed by atoms with E-state index in [0.717, 1.165) is 35.7 Å². The van der Waals surface area contributed by atoms with Crippen molar-refractivity contribution in [3.63, 3.8) is 0 Å². The fraction of sp³-hybridized carbons (Fsp3) is 0.714. The Bertz CT molecular complexity index is 561. The summed E-state index contributed by atoms with van der Waals surface area (Å²) in [7, 11) is -3.45. The van der Waals surface area contributed by atoms with Gasteiger partial charge in [0.05, 0.1) is 4.90 Å². The van der Waals surface area contributed by atoms with Gasteiger partial charge in [0.1, 0.15) is 0 Å². The van der Waals surface area contributed by atoms with Crippen molar-refractivity contribution in [3.8, 4) is 0 Å². The molecule has 120 valence electrons. The van der Waals surface area contributed by atoms with E-state index in [1.165, 1.54) is 6.42 Å². The third-order valence-electron chi connectivity index (χ3n) is 3.50. The van der Waals surface area contributed by atoms with Crippen LogP contribution in [0.2, 0.25) is 0 Å². The second kappa shape index (κ2) is 7.19. The van der Waals surface area contributed by atoms with Crippen LogP contribution in [-0.4, -0.2) is 32.6 Å². The first-order chi connectivity index (χ1) is 9.88. The van der Waals surface area contributed by atoms with Gasteiger partial charge in [-0.1, -0.05) is 20.3 Å². The average Bonchev–Trinajstić information content (AvgIpc) is 2.79. The van der Waals surface area contributed by atoms with Crippen LogP contribution in [0.15, 0.2) is 11.0 Å². The number of hydrogen-bond donors (Lipinski definition) is 2. The zero-order chi connectivity index (χ0) is 15.5. The normalized spacial score (nSPS) is 17.5. The molecule has 0 radical (unpaired) electrons. The summed E-state index contributed by atoms with van der Waals surface area (Å²) in [5.41, 5.74) is 0. The topological polar surface area (TPSA) is 61.4 Å². The van der Waals surface area contributed by atoms with Gasteiger partial charge in [-0.25, -0.2) is 13.4 Å².